The van der Waals surface area contributed by atoms with E-state index in [2.05, 4.69) is 0 Å². The van der Waals surface area contributed by atoms with Crippen molar-refractivity contribution < 1.29 is 9.31 Å². The highest BCUT2D eigenvalue weighted by Crippen LogP contribution is 1.70. The average molecular weight is 101 g/mol. The lowest BCUT2D eigenvalue weighted by Crippen LogP contribution is -2.02. The molecule has 0 aliphatic carbocycles. The Morgan fingerprint density at radius 2 is 1.57 bits per heavy atom. The maximum Gasteiger partial charge on any atom is 0.487 e. The minimum atomic E-state index is 0.681. The standard InChI is InChI=1S/C4H10BO2/c1-3-6-5-7-4-2/h3-4H2,1-2H3. The summed E-state index contributed by atoms with van der Waals surface area (Å²) in [6, 6.07) is 0. The molecule has 3 heteroatoms. The van der Waals surface area contributed by atoms with Gasteiger partial charge in [0.1, 0.15) is 0 Å². The zero-order valence-corrected chi connectivity index (χ0v) is 4.81. The van der Waals surface area contributed by atoms with E-state index >= 15 is 0 Å². The van der Waals surface area contributed by atoms with E-state index in [0.717, 1.165) is 0 Å². The molecule has 0 aromatic carbocycles. The zero-order chi connectivity index (χ0) is 5.54. The Morgan fingerprint density at radius 1 is 1.14 bits per heavy atom. The fourth-order valence-electron chi connectivity index (χ4n) is 0.184. The molecule has 0 saturated heterocycles. The van der Waals surface area contributed by atoms with E-state index in [4.69, 9.17) is 9.31 Å². The number of hydrogen-bond acceptors (Lipinski definition) is 2. The van der Waals surface area contributed by atoms with Crippen molar-refractivity contribution in [2.24, 2.45) is 0 Å². The third-order valence-electron chi connectivity index (χ3n) is 0.469. The summed E-state index contributed by atoms with van der Waals surface area (Å²) in [7, 11) is 1.36. The van der Waals surface area contributed by atoms with Crippen molar-refractivity contribution in [3.8, 4) is 0 Å². The molecule has 0 rings (SSSR count). The first-order chi connectivity index (χ1) is 3.41. The van der Waals surface area contributed by atoms with Gasteiger partial charge in [-0.15, -0.1) is 0 Å². The highest BCUT2D eigenvalue weighted by Gasteiger charge is 1.85. The second-order valence-electron chi connectivity index (χ2n) is 1.01. The van der Waals surface area contributed by atoms with Crippen LogP contribution in [0.1, 0.15) is 13.8 Å². The van der Waals surface area contributed by atoms with E-state index in [-0.39, 0.29) is 0 Å². The first-order valence-electron chi connectivity index (χ1n) is 2.46. The first kappa shape index (κ1) is 6.98. The molecule has 0 unspecified atom stereocenters. The van der Waals surface area contributed by atoms with E-state index in [1.165, 1.54) is 7.69 Å². The van der Waals surface area contributed by atoms with E-state index in [1.807, 2.05) is 13.8 Å². The van der Waals surface area contributed by atoms with Gasteiger partial charge in [-0.3, -0.25) is 0 Å². The van der Waals surface area contributed by atoms with Crippen molar-refractivity contribution in [2.45, 2.75) is 13.8 Å². The minimum absolute atomic E-state index is 0.681. The van der Waals surface area contributed by atoms with E-state index in [0.29, 0.717) is 13.2 Å². The molecular weight excluding hydrogens is 90.9 g/mol. The summed E-state index contributed by atoms with van der Waals surface area (Å²) in [4.78, 5) is 0. The van der Waals surface area contributed by atoms with Gasteiger partial charge in [-0.25, -0.2) is 0 Å². The molecule has 0 N–H and O–H groups in total. The molecule has 0 fully saturated rings. The monoisotopic (exact) mass is 101 g/mol. The van der Waals surface area contributed by atoms with Gasteiger partial charge < -0.3 is 9.31 Å². The maximum atomic E-state index is 4.73. The summed E-state index contributed by atoms with van der Waals surface area (Å²) < 4.78 is 9.45. The summed E-state index contributed by atoms with van der Waals surface area (Å²) in [5.74, 6) is 0. The number of rotatable bonds is 4. The van der Waals surface area contributed by atoms with Gasteiger partial charge in [0.2, 0.25) is 0 Å². The summed E-state index contributed by atoms with van der Waals surface area (Å²) in [6.07, 6.45) is 0. The van der Waals surface area contributed by atoms with Crippen LogP contribution in [-0.2, 0) is 9.31 Å². The molecule has 0 aromatic heterocycles. The Hall–Kier alpha value is -0.0151. The molecule has 0 aliphatic rings. The molecule has 7 heavy (non-hydrogen) atoms. The molecule has 0 aromatic rings. The summed E-state index contributed by atoms with van der Waals surface area (Å²) in [5.41, 5.74) is 0. The Labute approximate surface area is 45.1 Å². The normalized spacial score (nSPS) is 8.86. The summed E-state index contributed by atoms with van der Waals surface area (Å²) >= 11 is 0. The average Bonchev–Trinajstić information content (AvgIpc) is 1.69. The molecule has 0 bridgehead atoms. The van der Waals surface area contributed by atoms with Crippen molar-refractivity contribution in [1.82, 2.24) is 0 Å². The SMILES string of the molecule is CCO[B]OCC. The highest BCUT2D eigenvalue weighted by atomic mass is 16.6. The van der Waals surface area contributed by atoms with Crippen LogP contribution in [0.25, 0.3) is 0 Å². The quantitative estimate of drug-likeness (QED) is 0.381. The lowest BCUT2D eigenvalue weighted by molar-refractivity contribution is 0.240. The van der Waals surface area contributed by atoms with Crippen molar-refractivity contribution >= 4 is 7.69 Å². The smallest absolute Gasteiger partial charge is 0.414 e. The molecule has 0 spiro atoms. The highest BCUT2D eigenvalue weighted by molar-refractivity contribution is 6.17. The van der Waals surface area contributed by atoms with Gasteiger partial charge in [-0.2, -0.15) is 0 Å². The lowest BCUT2D eigenvalue weighted by atomic mass is 10.4. The zero-order valence-electron chi connectivity index (χ0n) is 4.81. The molecule has 0 aliphatic heterocycles. The fraction of sp³-hybridized carbons (Fsp3) is 1.00. The van der Waals surface area contributed by atoms with Crippen LogP contribution in [-0.4, -0.2) is 20.9 Å². The van der Waals surface area contributed by atoms with Gasteiger partial charge in [-0.1, -0.05) is 0 Å². The van der Waals surface area contributed by atoms with E-state index in [9.17, 15) is 0 Å². The van der Waals surface area contributed by atoms with Gasteiger partial charge in [0, 0.05) is 13.2 Å². The van der Waals surface area contributed by atoms with Gasteiger partial charge >= 0.3 is 7.69 Å². The molecule has 41 valence electrons. The largest absolute Gasteiger partial charge is 0.487 e. The van der Waals surface area contributed by atoms with Gasteiger partial charge in [0.15, 0.2) is 0 Å². The van der Waals surface area contributed by atoms with Crippen molar-refractivity contribution in [1.29, 1.82) is 0 Å². The molecule has 0 heterocycles. The molecule has 1 radical (unpaired) electrons. The second kappa shape index (κ2) is 5.98. The van der Waals surface area contributed by atoms with Crippen LogP contribution in [0.3, 0.4) is 0 Å². The number of hydrogen-bond donors (Lipinski definition) is 0. The maximum absolute atomic E-state index is 4.73. The first-order valence-corrected chi connectivity index (χ1v) is 2.46. The predicted molar refractivity (Wildman–Crippen MR) is 29.0 cm³/mol. The third kappa shape index (κ3) is 5.98. The predicted octanol–water partition coefficient (Wildman–Crippen LogP) is 0.594. The van der Waals surface area contributed by atoms with Crippen LogP contribution >= 0.6 is 0 Å². The third-order valence-corrected chi connectivity index (χ3v) is 0.469. The molecular formula is C4H10BO2. The van der Waals surface area contributed by atoms with Gasteiger partial charge in [0.25, 0.3) is 0 Å². The van der Waals surface area contributed by atoms with Gasteiger partial charge in [-0.05, 0) is 13.8 Å². The minimum Gasteiger partial charge on any atom is -0.414 e. The molecule has 2 nitrogen and oxygen atoms in total. The van der Waals surface area contributed by atoms with Crippen LogP contribution in [0.5, 0.6) is 0 Å². The second-order valence-corrected chi connectivity index (χ2v) is 1.01. The summed E-state index contributed by atoms with van der Waals surface area (Å²) in [5, 5.41) is 0. The molecule has 0 amide bonds. The van der Waals surface area contributed by atoms with Crippen LogP contribution in [0.4, 0.5) is 0 Å². The van der Waals surface area contributed by atoms with E-state index in [1.54, 1.807) is 0 Å². The van der Waals surface area contributed by atoms with Crippen molar-refractivity contribution in [2.75, 3.05) is 13.2 Å². The molecule has 0 saturated carbocycles. The summed E-state index contributed by atoms with van der Waals surface area (Å²) in [6.45, 7) is 5.19. The van der Waals surface area contributed by atoms with Gasteiger partial charge in [0.05, 0.1) is 0 Å². The van der Waals surface area contributed by atoms with Crippen molar-refractivity contribution in [3.63, 3.8) is 0 Å². The van der Waals surface area contributed by atoms with Crippen LogP contribution in [0.2, 0.25) is 0 Å². The Bertz CT molecular complexity index is 28.9. The Balaban J connectivity index is 2.45. The molecule has 0 atom stereocenters. The van der Waals surface area contributed by atoms with Crippen LogP contribution in [0.15, 0.2) is 0 Å². The van der Waals surface area contributed by atoms with Crippen LogP contribution < -0.4 is 0 Å². The fourth-order valence-corrected chi connectivity index (χ4v) is 0.184. The van der Waals surface area contributed by atoms with E-state index < -0.39 is 0 Å². The Kier molecular flexibility index (Phi) is 5.97. The van der Waals surface area contributed by atoms with Crippen LogP contribution in [0, 0.1) is 0 Å². The van der Waals surface area contributed by atoms with Crippen molar-refractivity contribution in [3.05, 3.63) is 0 Å². The Morgan fingerprint density at radius 3 is 1.86 bits per heavy atom. The lowest BCUT2D eigenvalue weighted by Gasteiger charge is -1.93. The topological polar surface area (TPSA) is 18.5 Å².